The molecular weight excluding hydrogens is 299 g/mol. The lowest BCUT2D eigenvalue weighted by atomic mass is 10.1. The molecule has 0 aliphatic carbocycles. The fourth-order valence-corrected chi connectivity index (χ4v) is 1.95. The Balaban J connectivity index is 2.37. The molecule has 0 saturated carbocycles. The molecule has 0 heterocycles. The molecule has 0 aliphatic heterocycles. The highest BCUT2D eigenvalue weighted by Crippen LogP contribution is 2.36. The van der Waals surface area contributed by atoms with Gasteiger partial charge in [0.1, 0.15) is 11.6 Å². The molecule has 2 aromatic rings. The van der Waals surface area contributed by atoms with Crippen molar-refractivity contribution in [1.29, 1.82) is 0 Å². The Bertz CT molecular complexity index is 692. The normalized spacial score (nSPS) is 12.0. The van der Waals surface area contributed by atoms with Crippen LogP contribution in [0, 0.1) is 15.9 Å². The Morgan fingerprint density at radius 2 is 1.95 bits per heavy atom. The van der Waals surface area contributed by atoms with Crippen LogP contribution in [0.4, 0.5) is 10.1 Å². The lowest BCUT2D eigenvalue weighted by molar-refractivity contribution is -0.385. The van der Waals surface area contributed by atoms with Gasteiger partial charge in [-0.15, -0.1) is 0 Å². The van der Waals surface area contributed by atoms with Gasteiger partial charge in [-0.05, 0) is 36.8 Å². The van der Waals surface area contributed by atoms with Crippen LogP contribution in [0.3, 0.4) is 0 Å². The lowest BCUT2D eigenvalue weighted by Crippen LogP contribution is -2.04. The summed E-state index contributed by atoms with van der Waals surface area (Å²) in [7, 11) is 0. The Labute approximate surface area is 125 Å². The highest BCUT2D eigenvalue weighted by atomic mass is 35.5. The predicted octanol–water partition coefficient (Wildman–Crippen LogP) is 4.20. The third-order valence-electron chi connectivity index (χ3n) is 2.82. The number of hydrogen-bond acceptors (Lipinski definition) is 4. The number of halogens is 2. The van der Waals surface area contributed by atoms with Gasteiger partial charge in [0.05, 0.1) is 16.0 Å². The van der Waals surface area contributed by atoms with Crippen LogP contribution in [-0.4, -0.2) is 4.92 Å². The summed E-state index contributed by atoms with van der Waals surface area (Å²) in [5.41, 5.74) is 6.07. The van der Waals surface area contributed by atoms with E-state index >= 15 is 0 Å². The van der Waals surface area contributed by atoms with Crippen molar-refractivity contribution in [2.45, 2.75) is 13.0 Å². The molecule has 0 aliphatic rings. The molecule has 0 radical (unpaired) electrons. The quantitative estimate of drug-likeness (QED) is 0.678. The number of hydrogen-bond donors (Lipinski definition) is 1. The van der Waals surface area contributed by atoms with Crippen LogP contribution in [0.1, 0.15) is 18.5 Å². The largest absolute Gasteiger partial charge is 0.449 e. The third-order valence-corrected chi connectivity index (χ3v) is 3.11. The summed E-state index contributed by atoms with van der Waals surface area (Å²) in [6.45, 7) is 1.80. The number of nitrogens with zero attached hydrogens (tertiary/aromatic N) is 1. The van der Waals surface area contributed by atoms with Gasteiger partial charge in [-0.2, -0.15) is 0 Å². The molecular formula is C14H12ClFN2O3. The number of nitro groups is 1. The van der Waals surface area contributed by atoms with Gasteiger partial charge < -0.3 is 10.5 Å². The third kappa shape index (κ3) is 3.48. The first kappa shape index (κ1) is 15.2. The van der Waals surface area contributed by atoms with E-state index in [0.29, 0.717) is 0 Å². The molecule has 0 aromatic heterocycles. The van der Waals surface area contributed by atoms with Crippen molar-refractivity contribution in [1.82, 2.24) is 0 Å². The zero-order valence-electron chi connectivity index (χ0n) is 11.0. The summed E-state index contributed by atoms with van der Waals surface area (Å²) in [6.07, 6.45) is 0. The van der Waals surface area contributed by atoms with Crippen molar-refractivity contribution in [2.24, 2.45) is 5.73 Å². The maximum absolute atomic E-state index is 13.1. The second-order valence-electron chi connectivity index (χ2n) is 4.45. The van der Waals surface area contributed by atoms with Crippen molar-refractivity contribution in [3.05, 3.63) is 62.9 Å². The molecule has 110 valence electrons. The van der Waals surface area contributed by atoms with Crippen LogP contribution in [0.15, 0.2) is 36.4 Å². The van der Waals surface area contributed by atoms with E-state index in [2.05, 4.69) is 0 Å². The van der Waals surface area contributed by atoms with E-state index in [4.69, 9.17) is 22.1 Å². The Hall–Kier alpha value is -2.18. The van der Waals surface area contributed by atoms with Crippen LogP contribution in [0.25, 0.3) is 0 Å². The van der Waals surface area contributed by atoms with Crippen LogP contribution < -0.4 is 10.5 Å². The molecule has 7 heteroatoms. The zero-order valence-corrected chi connectivity index (χ0v) is 11.8. The van der Waals surface area contributed by atoms with Gasteiger partial charge in [0.2, 0.25) is 5.75 Å². The molecule has 2 rings (SSSR count). The lowest BCUT2D eigenvalue weighted by Gasteiger charge is -2.11. The number of nitrogens with two attached hydrogens (primary N) is 1. The Morgan fingerprint density at radius 3 is 2.52 bits per heavy atom. The molecule has 0 spiro atoms. The second kappa shape index (κ2) is 6.07. The molecule has 0 fully saturated rings. The van der Waals surface area contributed by atoms with E-state index < -0.39 is 16.4 Å². The minimum absolute atomic E-state index is 0.0863. The van der Waals surface area contributed by atoms with Crippen LogP contribution in [0.2, 0.25) is 5.02 Å². The first-order valence-corrected chi connectivity index (χ1v) is 6.43. The molecule has 21 heavy (non-hydrogen) atoms. The number of nitro benzene ring substituents is 1. The van der Waals surface area contributed by atoms with Crippen molar-refractivity contribution in [2.75, 3.05) is 0 Å². The molecule has 5 nitrogen and oxygen atoms in total. The summed E-state index contributed by atoms with van der Waals surface area (Å²) >= 11 is 6.06. The topological polar surface area (TPSA) is 78.4 Å². The highest BCUT2D eigenvalue weighted by molar-refractivity contribution is 6.32. The minimum atomic E-state index is -0.720. The zero-order chi connectivity index (χ0) is 15.6. The molecule has 2 aromatic carbocycles. The maximum atomic E-state index is 13.1. The smallest absolute Gasteiger partial charge is 0.314 e. The summed E-state index contributed by atoms with van der Waals surface area (Å²) in [5, 5.41) is 11.2. The van der Waals surface area contributed by atoms with E-state index in [-0.39, 0.29) is 22.6 Å². The van der Waals surface area contributed by atoms with Crippen LogP contribution in [0.5, 0.6) is 11.5 Å². The fourth-order valence-electron chi connectivity index (χ4n) is 1.72. The predicted molar refractivity (Wildman–Crippen MR) is 77.2 cm³/mol. The van der Waals surface area contributed by atoms with E-state index in [1.807, 2.05) is 0 Å². The summed E-state index contributed by atoms with van der Waals surface area (Å²) in [5.74, 6) is -0.569. The summed E-state index contributed by atoms with van der Waals surface area (Å²) < 4.78 is 18.5. The van der Waals surface area contributed by atoms with Crippen molar-refractivity contribution >= 4 is 17.3 Å². The average Bonchev–Trinajstić information content (AvgIpc) is 2.42. The fraction of sp³-hybridized carbons (Fsp3) is 0.143. The molecule has 1 unspecified atom stereocenters. The second-order valence-corrected chi connectivity index (χ2v) is 4.86. The highest BCUT2D eigenvalue weighted by Gasteiger charge is 2.18. The molecule has 0 amide bonds. The van der Waals surface area contributed by atoms with Gasteiger partial charge in [0.25, 0.3) is 0 Å². The monoisotopic (exact) mass is 310 g/mol. The van der Waals surface area contributed by atoms with Gasteiger partial charge in [-0.3, -0.25) is 10.1 Å². The average molecular weight is 311 g/mol. The number of rotatable bonds is 4. The van der Waals surface area contributed by atoms with Crippen LogP contribution in [-0.2, 0) is 0 Å². The van der Waals surface area contributed by atoms with Crippen LogP contribution >= 0.6 is 11.6 Å². The molecule has 2 N–H and O–H groups in total. The van der Waals surface area contributed by atoms with E-state index in [1.165, 1.54) is 6.07 Å². The van der Waals surface area contributed by atoms with E-state index in [0.717, 1.165) is 17.7 Å². The summed E-state index contributed by atoms with van der Waals surface area (Å²) in [6, 6.07) is 7.75. The number of ether oxygens (including phenoxy) is 1. The van der Waals surface area contributed by atoms with Gasteiger partial charge in [-0.1, -0.05) is 17.7 Å². The van der Waals surface area contributed by atoms with Gasteiger partial charge in [-0.25, -0.2) is 4.39 Å². The first-order valence-electron chi connectivity index (χ1n) is 6.05. The molecule has 0 bridgehead atoms. The van der Waals surface area contributed by atoms with E-state index in [1.54, 1.807) is 25.1 Å². The maximum Gasteiger partial charge on any atom is 0.314 e. The SMILES string of the molecule is CC(N)c1ccc(Oc2ccc(F)cc2[N+](=O)[O-])c(Cl)c1. The minimum Gasteiger partial charge on any atom is -0.449 e. The van der Waals surface area contributed by atoms with Crippen molar-refractivity contribution in [3.63, 3.8) is 0 Å². The van der Waals surface area contributed by atoms with Crippen molar-refractivity contribution in [3.8, 4) is 11.5 Å². The van der Waals surface area contributed by atoms with Gasteiger partial charge in [0, 0.05) is 6.04 Å². The Morgan fingerprint density at radius 1 is 1.29 bits per heavy atom. The Kier molecular flexibility index (Phi) is 4.40. The van der Waals surface area contributed by atoms with E-state index in [9.17, 15) is 14.5 Å². The molecule has 1 atom stereocenters. The standard InChI is InChI=1S/C14H12ClFN2O3/c1-8(17)9-2-4-13(11(15)6-9)21-14-5-3-10(16)7-12(14)18(19)20/h2-8H,17H2,1H3. The van der Waals surface area contributed by atoms with Gasteiger partial charge >= 0.3 is 5.69 Å². The first-order chi connectivity index (χ1) is 9.88. The van der Waals surface area contributed by atoms with Crippen molar-refractivity contribution < 1.29 is 14.1 Å². The number of benzene rings is 2. The van der Waals surface area contributed by atoms with Gasteiger partial charge in [0.15, 0.2) is 0 Å². The molecule has 0 saturated heterocycles. The summed E-state index contributed by atoms with van der Waals surface area (Å²) in [4.78, 5) is 10.2.